The maximum absolute atomic E-state index is 2.64. The largest absolute Gasteiger partial charge is 0.0850 e. The zero-order valence-corrected chi connectivity index (χ0v) is 13.7. The van der Waals surface area contributed by atoms with Crippen LogP contribution in [-0.4, -0.2) is 0 Å². The van der Waals surface area contributed by atoms with Gasteiger partial charge in [0.25, 0.3) is 0 Å². The van der Waals surface area contributed by atoms with Gasteiger partial charge in [-0.25, -0.2) is 0 Å². The fraction of sp³-hybridized carbons (Fsp3) is 0.900. The molecule has 20 heavy (non-hydrogen) atoms. The number of hydrogen-bond acceptors (Lipinski definition) is 0. The number of allylic oxidation sites excluding steroid dienone is 2. The van der Waals surface area contributed by atoms with Gasteiger partial charge in [-0.2, -0.15) is 0 Å². The smallest absolute Gasteiger partial charge is 0.0172 e. The van der Waals surface area contributed by atoms with Crippen LogP contribution in [0, 0.1) is 40.9 Å². The number of rotatable bonds is 0. The van der Waals surface area contributed by atoms with Gasteiger partial charge in [0, 0.05) is 0 Å². The van der Waals surface area contributed by atoms with Crippen LogP contribution in [0.15, 0.2) is 11.6 Å². The van der Waals surface area contributed by atoms with Crippen molar-refractivity contribution in [1.82, 2.24) is 0 Å². The standard InChI is InChI=1S/C20H32/c1-13-12-15-6-4-5-7-16(15)17-10-11-20(3)14(2)8-9-18(20)19(13)17/h6,13-14,16-19H,4-5,7-12H2,1-3H3. The highest BCUT2D eigenvalue weighted by molar-refractivity contribution is 5.19. The minimum Gasteiger partial charge on any atom is -0.0850 e. The Bertz CT molecular complexity index is 420. The molecule has 0 saturated heterocycles. The average Bonchev–Trinajstić information content (AvgIpc) is 2.75. The lowest BCUT2D eigenvalue weighted by Gasteiger charge is -2.56. The molecule has 3 saturated carbocycles. The van der Waals surface area contributed by atoms with E-state index < -0.39 is 0 Å². The maximum Gasteiger partial charge on any atom is -0.0172 e. The number of fused-ring (bicyclic) bond motifs is 5. The Labute approximate surface area is 125 Å². The predicted octanol–water partition coefficient (Wildman–Crippen LogP) is 5.83. The van der Waals surface area contributed by atoms with Gasteiger partial charge >= 0.3 is 0 Å². The highest BCUT2D eigenvalue weighted by Crippen LogP contribution is 2.64. The van der Waals surface area contributed by atoms with Crippen LogP contribution in [0.1, 0.15) is 72.1 Å². The van der Waals surface area contributed by atoms with Crippen molar-refractivity contribution < 1.29 is 0 Å². The van der Waals surface area contributed by atoms with Gasteiger partial charge in [0.15, 0.2) is 0 Å². The van der Waals surface area contributed by atoms with E-state index in [1.54, 1.807) is 0 Å². The molecule has 0 heterocycles. The molecule has 0 N–H and O–H groups in total. The van der Waals surface area contributed by atoms with E-state index in [0.29, 0.717) is 5.41 Å². The van der Waals surface area contributed by atoms with Gasteiger partial charge in [-0.1, -0.05) is 32.4 Å². The lowest BCUT2D eigenvalue weighted by molar-refractivity contribution is -0.0432. The van der Waals surface area contributed by atoms with Crippen LogP contribution in [0.4, 0.5) is 0 Å². The van der Waals surface area contributed by atoms with E-state index in [9.17, 15) is 0 Å². The normalized spacial score (nSPS) is 54.6. The summed E-state index contributed by atoms with van der Waals surface area (Å²) in [5.74, 6) is 6.08. The Hall–Kier alpha value is -0.260. The molecule has 4 rings (SSSR count). The van der Waals surface area contributed by atoms with E-state index in [-0.39, 0.29) is 0 Å². The third kappa shape index (κ3) is 1.72. The predicted molar refractivity (Wildman–Crippen MR) is 85.4 cm³/mol. The first-order chi connectivity index (χ1) is 9.61. The van der Waals surface area contributed by atoms with Gasteiger partial charge in [0.05, 0.1) is 0 Å². The van der Waals surface area contributed by atoms with Gasteiger partial charge in [-0.05, 0) is 92.3 Å². The fourth-order valence-electron chi connectivity index (χ4n) is 6.97. The first kappa shape index (κ1) is 13.4. The van der Waals surface area contributed by atoms with Crippen molar-refractivity contribution in [3.05, 3.63) is 11.6 Å². The Kier molecular flexibility index (Phi) is 3.09. The minimum absolute atomic E-state index is 0.686. The molecule has 0 bridgehead atoms. The molecule has 3 fully saturated rings. The summed E-state index contributed by atoms with van der Waals surface area (Å²) in [6, 6.07) is 0. The summed E-state index contributed by atoms with van der Waals surface area (Å²) in [4.78, 5) is 0. The topological polar surface area (TPSA) is 0 Å². The molecule has 7 atom stereocenters. The lowest BCUT2D eigenvalue weighted by Crippen LogP contribution is -2.48. The fourth-order valence-corrected chi connectivity index (χ4v) is 6.97. The van der Waals surface area contributed by atoms with Gasteiger partial charge in [-0.3, -0.25) is 0 Å². The Balaban J connectivity index is 1.68. The minimum atomic E-state index is 0.686. The van der Waals surface area contributed by atoms with Crippen LogP contribution >= 0.6 is 0 Å². The second-order valence-electron chi connectivity index (χ2n) is 8.87. The second-order valence-corrected chi connectivity index (χ2v) is 8.87. The summed E-state index contributed by atoms with van der Waals surface area (Å²) in [5.41, 5.74) is 2.56. The van der Waals surface area contributed by atoms with E-state index >= 15 is 0 Å². The van der Waals surface area contributed by atoms with E-state index in [0.717, 1.165) is 35.5 Å². The highest BCUT2D eigenvalue weighted by Gasteiger charge is 2.56. The van der Waals surface area contributed by atoms with Crippen molar-refractivity contribution in [3.8, 4) is 0 Å². The monoisotopic (exact) mass is 272 g/mol. The molecular weight excluding hydrogens is 240 g/mol. The van der Waals surface area contributed by atoms with Gasteiger partial charge < -0.3 is 0 Å². The van der Waals surface area contributed by atoms with Gasteiger partial charge in [-0.15, -0.1) is 0 Å². The Morgan fingerprint density at radius 3 is 2.80 bits per heavy atom. The van der Waals surface area contributed by atoms with Crippen LogP contribution < -0.4 is 0 Å². The van der Waals surface area contributed by atoms with Crippen LogP contribution in [-0.2, 0) is 0 Å². The van der Waals surface area contributed by atoms with E-state index in [1.807, 2.05) is 5.57 Å². The molecule has 0 radical (unpaired) electrons. The molecule has 112 valence electrons. The SMILES string of the molecule is CC1CC2=CCCCC2C2CCC3(C)C(C)CCC3C12. The first-order valence-corrected chi connectivity index (χ1v) is 9.30. The summed E-state index contributed by atoms with van der Waals surface area (Å²) in [6.45, 7) is 7.77. The zero-order chi connectivity index (χ0) is 13.9. The molecule has 0 amide bonds. The van der Waals surface area contributed by atoms with E-state index in [4.69, 9.17) is 0 Å². The van der Waals surface area contributed by atoms with Crippen molar-refractivity contribution in [3.63, 3.8) is 0 Å². The van der Waals surface area contributed by atoms with Crippen molar-refractivity contribution in [2.24, 2.45) is 40.9 Å². The second kappa shape index (κ2) is 4.62. The third-order valence-electron chi connectivity index (χ3n) is 8.19. The van der Waals surface area contributed by atoms with E-state index in [2.05, 4.69) is 26.8 Å². The Morgan fingerprint density at radius 2 is 1.95 bits per heavy atom. The van der Waals surface area contributed by atoms with E-state index in [1.165, 1.54) is 51.4 Å². The summed E-state index contributed by atoms with van der Waals surface area (Å²) >= 11 is 0. The molecule has 4 aliphatic carbocycles. The van der Waals surface area contributed by atoms with Crippen LogP contribution in [0.25, 0.3) is 0 Å². The molecular formula is C20H32. The molecule has 0 heteroatoms. The van der Waals surface area contributed by atoms with Gasteiger partial charge in [0.2, 0.25) is 0 Å². The lowest BCUT2D eigenvalue weighted by atomic mass is 9.49. The molecule has 0 nitrogen and oxygen atoms in total. The van der Waals surface area contributed by atoms with Crippen molar-refractivity contribution in [1.29, 1.82) is 0 Å². The molecule has 0 aromatic rings. The number of hydrogen-bond donors (Lipinski definition) is 0. The summed E-state index contributed by atoms with van der Waals surface area (Å²) in [7, 11) is 0. The average molecular weight is 272 g/mol. The van der Waals surface area contributed by atoms with Crippen molar-refractivity contribution in [2.75, 3.05) is 0 Å². The summed E-state index contributed by atoms with van der Waals surface area (Å²) < 4.78 is 0. The molecule has 4 aliphatic rings. The third-order valence-corrected chi connectivity index (χ3v) is 8.19. The van der Waals surface area contributed by atoms with Gasteiger partial charge in [0.1, 0.15) is 0 Å². The summed E-state index contributed by atoms with van der Waals surface area (Å²) in [6.07, 6.45) is 14.5. The molecule has 0 aromatic carbocycles. The van der Waals surface area contributed by atoms with Crippen molar-refractivity contribution >= 4 is 0 Å². The molecule has 0 aliphatic heterocycles. The van der Waals surface area contributed by atoms with Crippen LogP contribution in [0.3, 0.4) is 0 Å². The maximum atomic E-state index is 2.64. The van der Waals surface area contributed by atoms with Crippen LogP contribution in [0.2, 0.25) is 0 Å². The first-order valence-electron chi connectivity index (χ1n) is 9.30. The molecule has 0 aromatic heterocycles. The summed E-state index contributed by atoms with van der Waals surface area (Å²) in [5, 5.41) is 0. The zero-order valence-electron chi connectivity index (χ0n) is 13.7. The quantitative estimate of drug-likeness (QED) is 0.487. The highest BCUT2D eigenvalue weighted by atomic mass is 14.6. The van der Waals surface area contributed by atoms with Crippen molar-refractivity contribution in [2.45, 2.75) is 72.1 Å². The molecule has 0 spiro atoms. The molecule has 7 unspecified atom stereocenters. The van der Waals surface area contributed by atoms with Crippen LogP contribution in [0.5, 0.6) is 0 Å². The Morgan fingerprint density at radius 1 is 1.10 bits per heavy atom.